The molecule has 1 N–H and O–H groups in total. The molecule has 132 valence electrons. The van der Waals surface area contributed by atoms with E-state index in [4.69, 9.17) is 4.42 Å². The van der Waals surface area contributed by atoms with E-state index in [0.29, 0.717) is 30.6 Å². The molecule has 2 fully saturated rings. The number of aryl methyl sites for hydroxylation is 1. The van der Waals surface area contributed by atoms with Crippen molar-refractivity contribution in [3.8, 4) is 11.3 Å². The van der Waals surface area contributed by atoms with Gasteiger partial charge in [0.2, 0.25) is 5.91 Å². The number of carbonyl (C=O) groups is 1. The van der Waals surface area contributed by atoms with Crippen LogP contribution in [0.4, 0.5) is 8.78 Å². The summed E-state index contributed by atoms with van der Waals surface area (Å²) in [6.07, 6.45) is 2.09. The van der Waals surface area contributed by atoms with Crippen LogP contribution >= 0.6 is 0 Å². The number of likely N-dealkylation sites (tertiary alicyclic amines) is 1. The molecule has 1 aromatic heterocycles. The van der Waals surface area contributed by atoms with E-state index in [1.165, 1.54) is 18.3 Å². The molecule has 2 saturated heterocycles. The molecule has 5 nitrogen and oxygen atoms in total. The van der Waals surface area contributed by atoms with Gasteiger partial charge in [-0.1, -0.05) is 0 Å². The van der Waals surface area contributed by atoms with Crippen molar-refractivity contribution in [2.75, 3.05) is 26.2 Å². The molecule has 1 aromatic carbocycles. The Hall–Kier alpha value is -2.28. The Balaban J connectivity index is 1.36. The Labute approximate surface area is 144 Å². The molecule has 2 aliphatic rings. The van der Waals surface area contributed by atoms with Crippen LogP contribution in [0.1, 0.15) is 12.3 Å². The number of halogens is 2. The minimum Gasteiger partial charge on any atom is -0.441 e. The molecule has 0 saturated carbocycles. The van der Waals surface area contributed by atoms with Crippen molar-refractivity contribution in [1.29, 1.82) is 0 Å². The first-order chi connectivity index (χ1) is 12.1. The molecular formula is C18H19F2N3O2. The molecule has 25 heavy (non-hydrogen) atoms. The maximum atomic E-state index is 13.8. The minimum absolute atomic E-state index is 0.0992. The zero-order chi connectivity index (χ0) is 17.4. The van der Waals surface area contributed by atoms with Crippen molar-refractivity contribution in [3.63, 3.8) is 0 Å². The van der Waals surface area contributed by atoms with Gasteiger partial charge in [-0.25, -0.2) is 13.8 Å². The van der Waals surface area contributed by atoms with Crippen LogP contribution in [-0.2, 0) is 11.2 Å². The molecule has 2 aromatic rings. The fraction of sp³-hybridized carbons (Fsp3) is 0.444. The molecule has 2 aliphatic heterocycles. The first-order valence-corrected chi connectivity index (χ1v) is 8.49. The smallest absolute Gasteiger partial charge is 0.223 e. The van der Waals surface area contributed by atoms with E-state index in [2.05, 4.69) is 10.3 Å². The summed E-state index contributed by atoms with van der Waals surface area (Å²) in [5.74, 6) is 0.516. The first kappa shape index (κ1) is 16.2. The van der Waals surface area contributed by atoms with Crippen molar-refractivity contribution >= 4 is 5.91 Å². The number of oxazole rings is 1. The third-order valence-electron chi connectivity index (χ3n) is 5.05. The molecule has 1 amide bonds. The Morgan fingerprint density at radius 1 is 1.28 bits per heavy atom. The summed E-state index contributed by atoms with van der Waals surface area (Å²) in [4.78, 5) is 18.4. The maximum absolute atomic E-state index is 13.8. The molecule has 0 aliphatic carbocycles. The van der Waals surface area contributed by atoms with Crippen LogP contribution in [0.25, 0.3) is 11.3 Å². The summed E-state index contributed by atoms with van der Waals surface area (Å²) >= 11 is 0. The molecule has 0 spiro atoms. The number of amides is 1. The number of carbonyl (C=O) groups excluding carboxylic acids is 1. The third-order valence-corrected chi connectivity index (χ3v) is 5.05. The predicted molar refractivity (Wildman–Crippen MR) is 86.6 cm³/mol. The summed E-state index contributed by atoms with van der Waals surface area (Å²) in [5, 5.41) is 3.35. The fourth-order valence-electron chi connectivity index (χ4n) is 3.67. The van der Waals surface area contributed by atoms with E-state index in [-0.39, 0.29) is 17.2 Å². The van der Waals surface area contributed by atoms with Gasteiger partial charge in [-0.3, -0.25) is 4.79 Å². The minimum atomic E-state index is -0.698. The zero-order valence-corrected chi connectivity index (χ0v) is 13.7. The first-order valence-electron chi connectivity index (χ1n) is 8.49. The number of fused-ring (bicyclic) bond motifs is 1. The number of hydrogen-bond acceptors (Lipinski definition) is 4. The van der Waals surface area contributed by atoms with Gasteiger partial charge in [0.15, 0.2) is 11.7 Å². The van der Waals surface area contributed by atoms with Crippen molar-refractivity contribution in [3.05, 3.63) is 41.9 Å². The third kappa shape index (κ3) is 3.28. The van der Waals surface area contributed by atoms with Gasteiger partial charge >= 0.3 is 0 Å². The summed E-state index contributed by atoms with van der Waals surface area (Å²) in [5.41, 5.74) is 0.159. The lowest BCUT2D eigenvalue weighted by atomic mass is 10.0. The lowest BCUT2D eigenvalue weighted by molar-refractivity contribution is -0.130. The van der Waals surface area contributed by atoms with Crippen LogP contribution in [0.5, 0.6) is 0 Å². The summed E-state index contributed by atoms with van der Waals surface area (Å²) < 4.78 is 32.3. The number of nitrogens with one attached hydrogen (secondary N) is 1. The summed E-state index contributed by atoms with van der Waals surface area (Å²) in [7, 11) is 0. The van der Waals surface area contributed by atoms with Gasteiger partial charge in [-0.15, -0.1) is 0 Å². The molecule has 7 heteroatoms. The van der Waals surface area contributed by atoms with E-state index >= 15 is 0 Å². The summed E-state index contributed by atoms with van der Waals surface area (Å²) in [6.45, 7) is 3.60. The average Bonchev–Trinajstić information content (AvgIpc) is 3.28. The Kier molecular flexibility index (Phi) is 4.25. The highest BCUT2D eigenvalue weighted by Gasteiger charge is 2.37. The SMILES string of the molecule is O=C(CCc1ncc(-c2ccc(F)cc2F)o1)N1C[C@H]2CNC[C@H]2C1. The normalized spacial score (nSPS) is 22.4. The van der Waals surface area contributed by atoms with Gasteiger partial charge in [-0.05, 0) is 24.0 Å². The Bertz CT molecular complexity index is 780. The maximum Gasteiger partial charge on any atom is 0.223 e. The highest BCUT2D eigenvalue weighted by molar-refractivity contribution is 5.76. The number of aromatic nitrogens is 1. The van der Waals surface area contributed by atoms with Crippen LogP contribution in [-0.4, -0.2) is 42.0 Å². The lowest BCUT2D eigenvalue weighted by Gasteiger charge is -2.16. The van der Waals surface area contributed by atoms with E-state index in [1.807, 2.05) is 4.90 Å². The molecule has 0 radical (unpaired) electrons. The zero-order valence-electron chi connectivity index (χ0n) is 13.7. The second-order valence-corrected chi connectivity index (χ2v) is 6.72. The van der Waals surface area contributed by atoms with Crippen LogP contribution < -0.4 is 5.32 Å². The van der Waals surface area contributed by atoms with Crippen LogP contribution in [0, 0.1) is 23.5 Å². The molecule has 4 rings (SSSR count). The van der Waals surface area contributed by atoms with Crippen molar-refractivity contribution in [2.45, 2.75) is 12.8 Å². The highest BCUT2D eigenvalue weighted by Crippen LogP contribution is 2.27. The lowest BCUT2D eigenvalue weighted by Crippen LogP contribution is -2.32. The van der Waals surface area contributed by atoms with Crippen LogP contribution in [0.15, 0.2) is 28.8 Å². The molecular weight excluding hydrogens is 328 g/mol. The summed E-state index contributed by atoms with van der Waals surface area (Å²) in [6, 6.07) is 3.29. The second kappa shape index (κ2) is 6.55. The second-order valence-electron chi connectivity index (χ2n) is 6.72. The van der Waals surface area contributed by atoms with Crippen molar-refractivity contribution < 1.29 is 18.0 Å². The van der Waals surface area contributed by atoms with Gasteiger partial charge in [0.05, 0.1) is 11.8 Å². The van der Waals surface area contributed by atoms with Crippen molar-refractivity contribution in [1.82, 2.24) is 15.2 Å². The number of hydrogen-bond donors (Lipinski definition) is 1. The number of nitrogens with zero attached hydrogens (tertiary/aromatic N) is 2. The largest absolute Gasteiger partial charge is 0.441 e. The molecule has 0 unspecified atom stereocenters. The topological polar surface area (TPSA) is 58.4 Å². The van der Waals surface area contributed by atoms with Gasteiger partial charge in [0.25, 0.3) is 0 Å². The van der Waals surface area contributed by atoms with Gasteiger partial charge < -0.3 is 14.6 Å². The van der Waals surface area contributed by atoms with Gasteiger partial charge in [0.1, 0.15) is 11.6 Å². The van der Waals surface area contributed by atoms with E-state index in [1.54, 1.807) is 0 Å². The Morgan fingerprint density at radius 2 is 2.04 bits per heavy atom. The average molecular weight is 347 g/mol. The number of rotatable bonds is 4. The van der Waals surface area contributed by atoms with Gasteiger partial charge in [-0.2, -0.15) is 0 Å². The van der Waals surface area contributed by atoms with Crippen LogP contribution in [0.3, 0.4) is 0 Å². The van der Waals surface area contributed by atoms with Gasteiger partial charge in [0, 0.05) is 45.1 Å². The molecule has 0 bridgehead atoms. The van der Waals surface area contributed by atoms with E-state index < -0.39 is 11.6 Å². The molecule has 3 heterocycles. The van der Waals surface area contributed by atoms with E-state index in [9.17, 15) is 13.6 Å². The Morgan fingerprint density at radius 3 is 2.76 bits per heavy atom. The fourth-order valence-corrected chi connectivity index (χ4v) is 3.67. The number of benzene rings is 1. The standard InChI is InChI=1S/C18H19F2N3O2/c19-13-1-2-14(15(20)5-13)16-8-22-17(25-16)3-4-18(24)23-9-11-6-21-7-12(11)10-23/h1-2,5,8,11-12,21H,3-4,6-7,9-10H2/t11-,12+. The molecule has 2 atom stereocenters. The highest BCUT2D eigenvalue weighted by atomic mass is 19.1. The van der Waals surface area contributed by atoms with Crippen LogP contribution in [0.2, 0.25) is 0 Å². The quantitative estimate of drug-likeness (QED) is 0.921. The van der Waals surface area contributed by atoms with E-state index in [0.717, 1.165) is 32.2 Å². The predicted octanol–water partition coefficient (Wildman–Crippen LogP) is 2.23. The van der Waals surface area contributed by atoms with Crippen molar-refractivity contribution in [2.24, 2.45) is 11.8 Å². The monoisotopic (exact) mass is 347 g/mol.